The van der Waals surface area contributed by atoms with Gasteiger partial charge in [-0.15, -0.1) is 0 Å². The number of imidazole rings is 1. The molecule has 1 N–H and O–H groups in total. The Balaban J connectivity index is 1.67. The fraction of sp³-hybridized carbons (Fsp3) is 0.476. The van der Waals surface area contributed by atoms with Gasteiger partial charge in [-0.3, -0.25) is 9.59 Å². The van der Waals surface area contributed by atoms with Crippen LogP contribution in [0, 0.1) is 0 Å². The Kier molecular flexibility index (Phi) is 6.86. The molecule has 0 radical (unpaired) electrons. The number of aliphatic hydroxyl groups is 1. The minimum atomic E-state index is -5.10. The van der Waals surface area contributed by atoms with E-state index in [0.29, 0.717) is 17.1 Å². The fourth-order valence-corrected chi connectivity index (χ4v) is 3.71. The lowest BCUT2D eigenvalue weighted by atomic mass is 9.96. The van der Waals surface area contributed by atoms with Crippen LogP contribution in [0.1, 0.15) is 22.6 Å². The topological polar surface area (TPSA) is 97.1 Å². The maximum atomic E-state index is 13.7. The highest BCUT2D eigenvalue weighted by atomic mass is 19.4. The summed E-state index contributed by atoms with van der Waals surface area (Å²) in [6.45, 7) is 0.330. The molecular weight excluding hydrogens is 445 g/mol. The Morgan fingerprint density at radius 2 is 1.67 bits per heavy atom. The van der Waals surface area contributed by atoms with Crippen LogP contribution in [0.3, 0.4) is 0 Å². The van der Waals surface area contributed by atoms with E-state index in [9.17, 15) is 27.9 Å². The van der Waals surface area contributed by atoms with Crippen molar-refractivity contribution in [2.24, 2.45) is 7.05 Å². The van der Waals surface area contributed by atoms with Gasteiger partial charge in [0.2, 0.25) is 11.5 Å². The van der Waals surface area contributed by atoms with Gasteiger partial charge in [0.1, 0.15) is 0 Å². The molecule has 1 aliphatic heterocycles. The van der Waals surface area contributed by atoms with E-state index in [1.54, 1.807) is 12.1 Å². The summed E-state index contributed by atoms with van der Waals surface area (Å²) in [6.07, 6.45) is -3.93. The van der Waals surface area contributed by atoms with E-state index in [2.05, 4.69) is 4.98 Å². The number of ether oxygens (including phenoxy) is 2. The molecule has 12 heteroatoms. The molecule has 2 heterocycles. The molecule has 0 aliphatic carbocycles. The molecule has 1 unspecified atom stereocenters. The zero-order chi connectivity index (χ0) is 24.4. The van der Waals surface area contributed by atoms with E-state index >= 15 is 0 Å². The number of methoxy groups -OCH3 is 2. The van der Waals surface area contributed by atoms with Crippen molar-refractivity contribution in [1.82, 2.24) is 19.4 Å². The van der Waals surface area contributed by atoms with Gasteiger partial charge in [0.15, 0.2) is 17.3 Å². The van der Waals surface area contributed by atoms with Crippen molar-refractivity contribution in [3.05, 3.63) is 42.0 Å². The molecule has 0 saturated carbocycles. The van der Waals surface area contributed by atoms with Gasteiger partial charge in [-0.05, 0) is 18.2 Å². The monoisotopic (exact) mass is 470 g/mol. The predicted molar refractivity (Wildman–Crippen MR) is 110 cm³/mol. The van der Waals surface area contributed by atoms with Crippen LogP contribution in [0.25, 0.3) is 0 Å². The van der Waals surface area contributed by atoms with Gasteiger partial charge in [0.05, 0.1) is 20.6 Å². The molecule has 0 spiro atoms. The molecular formula is C21H25F3N4O5. The highest BCUT2D eigenvalue weighted by molar-refractivity contribution is 5.95. The molecule has 1 aromatic heterocycles. The average molecular weight is 470 g/mol. The number of carbonyl (C=O) groups excluding carboxylic acids is 2. The first-order chi connectivity index (χ1) is 15.5. The van der Waals surface area contributed by atoms with Crippen molar-refractivity contribution >= 4 is 11.8 Å². The average Bonchev–Trinajstić information content (AvgIpc) is 3.23. The second-order valence-corrected chi connectivity index (χ2v) is 7.64. The fourth-order valence-electron chi connectivity index (χ4n) is 3.71. The molecule has 1 saturated heterocycles. The maximum Gasteiger partial charge on any atom is 0.425 e. The highest BCUT2D eigenvalue weighted by Gasteiger charge is 2.59. The number of hydrogen-bond donors (Lipinski definition) is 1. The van der Waals surface area contributed by atoms with Crippen molar-refractivity contribution < 1.29 is 37.3 Å². The predicted octanol–water partition coefficient (Wildman–Crippen LogP) is 1.56. The van der Waals surface area contributed by atoms with Crippen LogP contribution in [0.15, 0.2) is 30.6 Å². The van der Waals surface area contributed by atoms with Crippen LogP contribution in [0.2, 0.25) is 0 Å². The van der Waals surface area contributed by atoms with Gasteiger partial charge in [-0.2, -0.15) is 13.2 Å². The first-order valence-electron chi connectivity index (χ1n) is 10.1. The number of rotatable bonds is 6. The number of alkyl halides is 3. The summed E-state index contributed by atoms with van der Waals surface area (Å²) in [6, 6.07) is 4.72. The number of aromatic nitrogens is 2. The number of hydrogen-bond acceptors (Lipinski definition) is 6. The lowest BCUT2D eigenvalue weighted by molar-refractivity contribution is -0.272. The zero-order valence-corrected chi connectivity index (χ0v) is 18.4. The summed E-state index contributed by atoms with van der Waals surface area (Å²) >= 11 is 0. The lowest BCUT2D eigenvalue weighted by Crippen LogP contribution is -2.53. The van der Waals surface area contributed by atoms with Gasteiger partial charge >= 0.3 is 6.18 Å². The van der Waals surface area contributed by atoms with Crippen molar-refractivity contribution in [3.63, 3.8) is 0 Å². The molecule has 1 aromatic carbocycles. The van der Waals surface area contributed by atoms with E-state index in [1.807, 2.05) is 0 Å². The third kappa shape index (κ3) is 4.75. The molecule has 3 rings (SSSR count). The van der Waals surface area contributed by atoms with Gasteiger partial charge in [-0.1, -0.05) is 0 Å². The Morgan fingerprint density at radius 3 is 2.18 bits per heavy atom. The summed E-state index contributed by atoms with van der Waals surface area (Å²) < 4.78 is 52.5. The van der Waals surface area contributed by atoms with Crippen LogP contribution in [0.4, 0.5) is 13.2 Å². The molecule has 1 aliphatic rings. The van der Waals surface area contributed by atoms with Gasteiger partial charge < -0.3 is 28.9 Å². The Hall–Kier alpha value is -3.28. The number of aryl methyl sites for hydroxylation is 1. The second kappa shape index (κ2) is 9.30. The summed E-state index contributed by atoms with van der Waals surface area (Å²) in [5.41, 5.74) is -3.07. The number of nitrogens with zero attached hydrogens (tertiary/aromatic N) is 4. The zero-order valence-electron chi connectivity index (χ0n) is 18.4. The summed E-state index contributed by atoms with van der Waals surface area (Å²) in [4.78, 5) is 31.8. The van der Waals surface area contributed by atoms with Gasteiger partial charge in [-0.25, -0.2) is 4.98 Å². The third-order valence-corrected chi connectivity index (χ3v) is 5.62. The normalized spacial score (nSPS) is 16.3. The third-order valence-electron chi connectivity index (χ3n) is 5.62. The number of halogens is 3. The number of benzene rings is 1. The molecule has 180 valence electrons. The Labute approximate surface area is 188 Å². The smallest absolute Gasteiger partial charge is 0.425 e. The second-order valence-electron chi connectivity index (χ2n) is 7.64. The first kappa shape index (κ1) is 24.4. The molecule has 2 aromatic rings. The summed E-state index contributed by atoms with van der Waals surface area (Å²) in [7, 11) is 4.23. The van der Waals surface area contributed by atoms with Crippen molar-refractivity contribution in [3.8, 4) is 11.5 Å². The van der Waals surface area contributed by atoms with E-state index < -0.39 is 29.9 Å². The molecule has 1 atom stereocenters. The van der Waals surface area contributed by atoms with Gasteiger partial charge in [0, 0.05) is 51.2 Å². The minimum absolute atomic E-state index is 0.0341. The van der Waals surface area contributed by atoms with Crippen molar-refractivity contribution in [2.75, 3.05) is 40.4 Å². The van der Waals surface area contributed by atoms with Crippen LogP contribution in [-0.4, -0.2) is 82.8 Å². The maximum absolute atomic E-state index is 13.7. The van der Waals surface area contributed by atoms with E-state index in [1.165, 1.54) is 43.3 Å². The molecule has 1 fully saturated rings. The number of amides is 2. The number of carbonyl (C=O) groups is 2. The molecule has 0 bridgehead atoms. The van der Waals surface area contributed by atoms with E-state index in [0.717, 1.165) is 10.8 Å². The first-order valence-corrected chi connectivity index (χ1v) is 10.1. The largest absolute Gasteiger partial charge is 0.493 e. The minimum Gasteiger partial charge on any atom is -0.493 e. The number of piperazine rings is 1. The van der Waals surface area contributed by atoms with Crippen LogP contribution >= 0.6 is 0 Å². The summed E-state index contributed by atoms with van der Waals surface area (Å²) in [5.74, 6) is -0.989. The Morgan fingerprint density at radius 1 is 1.06 bits per heavy atom. The van der Waals surface area contributed by atoms with E-state index in [4.69, 9.17) is 9.47 Å². The van der Waals surface area contributed by atoms with Crippen molar-refractivity contribution in [2.45, 2.75) is 18.2 Å². The molecule has 9 nitrogen and oxygen atoms in total. The SMILES string of the molecule is COc1ccc(C(=O)N2CCN(C(=O)CC(O)(c3nccn3C)C(F)(F)F)CC2)cc1OC. The highest BCUT2D eigenvalue weighted by Crippen LogP contribution is 2.41. The standard InChI is InChI=1S/C21H25F3N4O5/c1-26-7-6-25-19(26)20(31,21(22,23)24)13-17(29)27-8-10-28(11-9-27)18(30)14-4-5-15(32-2)16(12-14)33-3/h4-7,12,31H,8-11,13H2,1-3H3. The Bertz CT molecular complexity index is 1020. The van der Waals surface area contributed by atoms with E-state index in [-0.39, 0.29) is 32.1 Å². The van der Waals surface area contributed by atoms with Gasteiger partial charge in [0.25, 0.3) is 5.91 Å². The molecule has 33 heavy (non-hydrogen) atoms. The van der Waals surface area contributed by atoms with Crippen molar-refractivity contribution in [1.29, 1.82) is 0 Å². The summed E-state index contributed by atoms with van der Waals surface area (Å²) in [5, 5.41) is 10.4. The lowest BCUT2D eigenvalue weighted by Gasteiger charge is -2.37. The van der Waals surface area contributed by atoms with Crippen LogP contribution < -0.4 is 9.47 Å². The van der Waals surface area contributed by atoms with Crippen LogP contribution in [-0.2, 0) is 17.4 Å². The van der Waals surface area contributed by atoms with Crippen LogP contribution in [0.5, 0.6) is 11.5 Å². The quantitative estimate of drug-likeness (QED) is 0.689. The molecule has 2 amide bonds.